The minimum Gasteiger partial charge on any atom is -0.497 e. The van der Waals surface area contributed by atoms with Gasteiger partial charge in [-0.05, 0) is 43.4 Å². The number of aliphatic hydroxyl groups is 1. The summed E-state index contributed by atoms with van der Waals surface area (Å²) in [5.41, 5.74) is 0.705. The highest BCUT2D eigenvalue weighted by atomic mass is 16.5. The first kappa shape index (κ1) is 16.3. The van der Waals surface area contributed by atoms with Gasteiger partial charge in [0.05, 0.1) is 31.3 Å². The van der Waals surface area contributed by atoms with Crippen molar-refractivity contribution in [3.05, 3.63) is 29.8 Å². The summed E-state index contributed by atoms with van der Waals surface area (Å²) in [5.74, 6) is 0.893. The van der Waals surface area contributed by atoms with Gasteiger partial charge in [-0.25, -0.2) is 0 Å². The van der Waals surface area contributed by atoms with E-state index in [1.807, 2.05) is 29.2 Å². The van der Waals surface area contributed by atoms with Crippen LogP contribution in [0.25, 0.3) is 0 Å². The second-order valence-electron chi connectivity index (χ2n) is 6.57. The van der Waals surface area contributed by atoms with E-state index in [2.05, 4.69) is 0 Å². The predicted molar refractivity (Wildman–Crippen MR) is 86.4 cm³/mol. The number of carbonyl (C=O) groups excluding carboxylic acids is 1. The molecule has 0 aromatic heterocycles. The van der Waals surface area contributed by atoms with Crippen molar-refractivity contribution in [3.8, 4) is 5.75 Å². The minimum atomic E-state index is -0.335. The maximum atomic E-state index is 12.7. The largest absolute Gasteiger partial charge is 0.497 e. The van der Waals surface area contributed by atoms with Gasteiger partial charge in [-0.15, -0.1) is 0 Å². The molecular formula is C18H25NO4. The number of rotatable bonds is 4. The Hall–Kier alpha value is -1.59. The summed E-state index contributed by atoms with van der Waals surface area (Å²) >= 11 is 0. The third-order valence-corrected chi connectivity index (χ3v) is 5.40. The van der Waals surface area contributed by atoms with Crippen LogP contribution < -0.4 is 4.74 Å². The Balaban J connectivity index is 1.71. The van der Waals surface area contributed by atoms with Gasteiger partial charge in [0.1, 0.15) is 5.75 Å². The van der Waals surface area contributed by atoms with Gasteiger partial charge in [-0.1, -0.05) is 12.1 Å². The van der Waals surface area contributed by atoms with Crippen molar-refractivity contribution in [2.45, 2.75) is 49.9 Å². The Morgan fingerprint density at radius 1 is 1.30 bits per heavy atom. The van der Waals surface area contributed by atoms with E-state index in [9.17, 15) is 9.90 Å². The van der Waals surface area contributed by atoms with Crippen molar-refractivity contribution in [1.29, 1.82) is 0 Å². The fourth-order valence-electron chi connectivity index (χ4n) is 3.99. The topological polar surface area (TPSA) is 59.0 Å². The third-order valence-electron chi connectivity index (χ3n) is 5.40. The first-order valence-electron chi connectivity index (χ1n) is 8.23. The molecule has 126 valence electrons. The molecule has 3 atom stereocenters. The van der Waals surface area contributed by atoms with Gasteiger partial charge >= 0.3 is 0 Å². The summed E-state index contributed by atoms with van der Waals surface area (Å²) in [6, 6.07) is 7.58. The molecule has 0 unspecified atom stereocenters. The number of methoxy groups -OCH3 is 2. The smallest absolute Gasteiger partial charge is 0.227 e. The summed E-state index contributed by atoms with van der Waals surface area (Å²) < 4.78 is 10.9. The van der Waals surface area contributed by atoms with E-state index in [1.54, 1.807) is 14.2 Å². The lowest BCUT2D eigenvalue weighted by molar-refractivity contribution is -0.139. The van der Waals surface area contributed by atoms with Crippen molar-refractivity contribution < 1.29 is 19.4 Å². The molecule has 1 aliphatic carbocycles. The number of hydrogen-bond donors (Lipinski definition) is 1. The lowest BCUT2D eigenvalue weighted by Crippen LogP contribution is -2.53. The monoisotopic (exact) mass is 319 g/mol. The zero-order chi connectivity index (χ0) is 16.4. The SMILES string of the molecule is COc1ccc(CC(=O)N2CC[C@]3(OC)CC[C@@H](O)C[C@H]23)cc1. The summed E-state index contributed by atoms with van der Waals surface area (Å²) in [6.45, 7) is 0.709. The van der Waals surface area contributed by atoms with E-state index in [0.29, 0.717) is 19.4 Å². The Bertz CT molecular complexity index is 559. The number of amides is 1. The molecule has 1 saturated heterocycles. The maximum Gasteiger partial charge on any atom is 0.227 e. The van der Waals surface area contributed by atoms with Crippen molar-refractivity contribution in [2.75, 3.05) is 20.8 Å². The zero-order valence-electron chi connectivity index (χ0n) is 13.8. The molecular weight excluding hydrogens is 294 g/mol. The fraction of sp³-hybridized carbons (Fsp3) is 0.611. The number of carbonyl (C=O) groups is 1. The fourth-order valence-corrected chi connectivity index (χ4v) is 3.99. The summed E-state index contributed by atoms with van der Waals surface area (Å²) in [5, 5.41) is 10.0. The van der Waals surface area contributed by atoms with Crippen LogP contribution in [0.4, 0.5) is 0 Å². The molecule has 2 fully saturated rings. The highest BCUT2D eigenvalue weighted by Gasteiger charge is 2.52. The standard InChI is InChI=1S/C18H25NO4/c1-22-15-5-3-13(4-6-15)11-17(21)19-10-9-18(23-2)8-7-14(20)12-16(18)19/h3-6,14,16,20H,7-12H2,1-2H3/t14-,16+,18-/m1/s1. The second kappa shape index (κ2) is 6.49. The molecule has 1 N–H and O–H groups in total. The molecule has 1 aromatic rings. The van der Waals surface area contributed by atoms with Crippen molar-refractivity contribution in [3.63, 3.8) is 0 Å². The van der Waals surface area contributed by atoms with Crippen LogP contribution in [0.1, 0.15) is 31.2 Å². The lowest BCUT2D eigenvalue weighted by atomic mass is 9.79. The van der Waals surface area contributed by atoms with E-state index in [1.165, 1.54) is 0 Å². The summed E-state index contributed by atoms with van der Waals surface area (Å²) in [4.78, 5) is 14.7. The van der Waals surface area contributed by atoms with E-state index >= 15 is 0 Å². The van der Waals surface area contributed by atoms with Crippen LogP contribution in [-0.2, 0) is 16.0 Å². The highest BCUT2D eigenvalue weighted by Crippen LogP contribution is 2.42. The number of hydrogen-bond acceptors (Lipinski definition) is 4. The highest BCUT2D eigenvalue weighted by molar-refractivity contribution is 5.79. The molecule has 5 nitrogen and oxygen atoms in total. The van der Waals surface area contributed by atoms with E-state index < -0.39 is 0 Å². The normalized spacial score (nSPS) is 30.1. The van der Waals surface area contributed by atoms with Crippen LogP contribution in [0.3, 0.4) is 0 Å². The first-order valence-corrected chi connectivity index (χ1v) is 8.23. The van der Waals surface area contributed by atoms with Crippen LogP contribution in [0.5, 0.6) is 5.75 Å². The zero-order valence-corrected chi connectivity index (χ0v) is 13.8. The predicted octanol–water partition coefficient (Wildman–Crippen LogP) is 1.77. The van der Waals surface area contributed by atoms with Crippen LogP contribution in [0.2, 0.25) is 0 Å². The van der Waals surface area contributed by atoms with Gasteiger partial charge in [-0.3, -0.25) is 4.79 Å². The van der Waals surface area contributed by atoms with Gasteiger partial charge in [0.2, 0.25) is 5.91 Å². The Morgan fingerprint density at radius 2 is 2.04 bits per heavy atom. The number of fused-ring (bicyclic) bond motifs is 1. The molecule has 0 spiro atoms. The summed E-state index contributed by atoms with van der Waals surface area (Å²) in [6.07, 6.45) is 3.08. The molecule has 1 heterocycles. The first-order chi connectivity index (χ1) is 11.1. The average Bonchev–Trinajstić information content (AvgIpc) is 2.95. The van der Waals surface area contributed by atoms with E-state index in [-0.39, 0.29) is 23.7 Å². The molecule has 5 heteroatoms. The minimum absolute atomic E-state index is 0.0120. The third kappa shape index (κ3) is 3.08. The molecule has 1 amide bonds. The molecule has 23 heavy (non-hydrogen) atoms. The molecule has 3 rings (SSSR count). The molecule has 2 aliphatic rings. The molecule has 1 aromatic carbocycles. The molecule has 0 radical (unpaired) electrons. The maximum absolute atomic E-state index is 12.7. The van der Waals surface area contributed by atoms with Crippen LogP contribution in [0.15, 0.2) is 24.3 Å². The van der Waals surface area contributed by atoms with Crippen molar-refractivity contribution in [1.82, 2.24) is 4.90 Å². The quantitative estimate of drug-likeness (QED) is 0.919. The van der Waals surface area contributed by atoms with Crippen LogP contribution >= 0.6 is 0 Å². The van der Waals surface area contributed by atoms with Crippen molar-refractivity contribution >= 4 is 5.91 Å². The summed E-state index contributed by atoms with van der Waals surface area (Å²) in [7, 11) is 3.35. The Kier molecular flexibility index (Phi) is 4.60. The lowest BCUT2D eigenvalue weighted by Gasteiger charge is -2.42. The van der Waals surface area contributed by atoms with Crippen LogP contribution in [0, 0.1) is 0 Å². The van der Waals surface area contributed by atoms with E-state index in [4.69, 9.17) is 9.47 Å². The number of aliphatic hydroxyl groups excluding tert-OH is 1. The molecule has 0 bridgehead atoms. The number of benzene rings is 1. The van der Waals surface area contributed by atoms with Gasteiger partial charge in [-0.2, -0.15) is 0 Å². The van der Waals surface area contributed by atoms with Gasteiger partial charge in [0.25, 0.3) is 0 Å². The van der Waals surface area contributed by atoms with Gasteiger partial charge in [0, 0.05) is 13.7 Å². The van der Waals surface area contributed by atoms with Crippen molar-refractivity contribution in [2.24, 2.45) is 0 Å². The molecule has 1 aliphatic heterocycles. The molecule has 1 saturated carbocycles. The van der Waals surface area contributed by atoms with E-state index in [0.717, 1.165) is 30.6 Å². The Morgan fingerprint density at radius 3 is 2.70 bits per heavy atom. The van der Waals surface area contributed by atoms with Gasteiger partial charge in [0.15, 0.2) is 0 Å². The number of ether oxygens (including phenoxy) is 2. The Labute approximate surface area is 137 Å². The van der Waals surface area contributed by atoms with Crippen LogP contribution in [-0.4, -0.2) is 54.4 Å². The van der Waals surface area contributed by atoms with Gasteiger partial charge < -0.3 is 19.5 Å². The average molecular weight is 319 g/mol. The number of nitrogens with zero attached hydrogens (tertiary/aromatic N) is 1. The number of likely N-dealkylation sites (tertiary alicyclic amines) is 1. The second-order valence-corrected chi connectivity index (χ2v) is 6.57.